The highest BCUT2D eigenvalue weighted by atomic mass is 15.3. The summed E-state index contributed by atoms with van der Waals surface area (Å²) in [6, 6.07) is 8.59. The highest BCUT2D eigenvalue weighted by Crippen LogP contribution is 2.29. The minimum Gasteiger partial charge on any atom is -0.348 e. The molecule has 0 radical (unpaired) electrons. The molecule has 1 aliphatic carbocycles. The predicted molar refractivity (Wildman–Crippen MR) is 84.1 cm³/mol. The van der Waals surface area contributed by atoms with Crippen molar-refractivity contribution in [2.75, 3.05) is 0 Å². The lowest BCUT2D eigenvalue weighted by molar-refractivity contribution is 0.573. The van der Waals surface area contributed by atoms with Crippen LogP contribution in [-0.4, -0.2) is 14.3 Å². The Morgan fingerprint density at radius 3 is 3.00 bits per heavy atom. The molecule has 3 aromatic rings. The van der Waals surface area contributed by atoms with Crippen LogP contribution in [0.3, 0.4) is 0 Å². The summed E-state index contributed by atoms with van der Waals surface area (Å²) >= 11 is 0. The van der Waals surface area contributed by atoms with Crippen molar-refractivity contribution in [1.29, 1.82) is 0 Å². The summed E-state index contributed by atoms with van der Waals surface area (Å²) in [6.07, 6.45) is 7.91. The number of rotatable bonds is 2. The van der Waals surface area contributed by atoms with Crippen molar-refractivity contribution in [3.63, 3.8) is 0 Å². The summed E-state index contributed by atoms with van der Waals surface area (Å²) in [7, 11) is 2.00. The average Bonchev–Trinajstić information content (AvgIpc) is 3.03. The zero-order chi connectivity index (χ0) is 14.4. The van der Waals surface area contributed by atoms with Crippen LogP contribution < -0.4 is 5.73 Å². The zero-order valence-corrected chi connectivity index (χ0v) is 12.3. The van der Waals surface area contributed by atoms with Gasteiger partial charge in [0.25, 0.3) is 0 Å². The van der Waals surface area contributed by atoms with Crippen LogP contribution in [0.4, 0.5) is 0 Å². The lowest BCUT2D eigenvalue weighted by atomic mass is 9.92. The van der Waals surface area contributed by atoms with E-state index in [9.17, 15) is 0 Å². The molecule has 4 rings (SSSR count). The first kappa shape index (κ1) is 12.7. The summed E-state index contributed by atoms with van der Waals surface area (Å²) < 4.78 is 4.20. The van der Waals surface area contributed by atoms with Gasteiger partial charge in [-0.05, 0) is 36.5 Å². The molecular weight excluding hydrogens is 260 g/mol. The van der Waals surface area contributed by atoms with E-state index in [1.165, 1.54) is 28.5 Å². The first-order valence-electron chi connectivity index (χ1n) is 7.57. The molecule has 21 heavy (non-hydrogen) atoms. The van der Waals surface area contributed by atoms with Gasteiger partial charge in [0.15, 0.2) is 0 Å². The van der Waals surface area contributed by atoms with Gasteiger partial charge in [-0.2, -0.15) is 5.10 Å². The molecule has 0 saturated carbocycles. The Morgan fingerprint density at radius 2 is 2.14 bits per heavy atom. The second-order valence-corrected chi connectivity index (χ2v) is 6.00. The Kier molecular flexibility index (Phi) is 2.86. The number of fused-ring (bicyclic) bond motifs is 2. The number of hydrogen-bond donors (Lipinski definition) is 1. The Hall–Kier alpha value is -2.07. The number of nitrogens with two attached hydrogens (primary N) is 1. The molecule has 1 atom stereocenters. The summed E-state index contributed by atoms with van der Waals surface area (Å²) in [6.45, 7) is 0.807. The van der Waals surface area contributed by atoms with Gasteiger partial charge < -0.3 is 10.3 Å². The van der Waals surface area contributed by atoms with Crippen LogP contribution in [0.5, 0.6) is 0 Å². The van der Waals surface area contributed by atoms with Crippen LogP contribution in [0, 0.1) is 0 Å². The molecule has 1 aliphatic rings. The smallest absolute Gasteiger partial charge is 0.0900 e. The standard InChI is InChI=1S/C17H20N4/c1-20-17-8-3-2-6-13(17)16(19-20)11-21-9-12-5-4-7-15(18)14(12)10-21/h2-3,6,8-10,15H,4-5,7,11,18H2,1H3. The van der Waals surface area contributed by atoms with E-state index >= 15 is 0 Å². The number of para-hydroxylation sites is 1. The predicted octanol–water partition coefficient (Wildman–Crippen LogP) is 2.76. The van der Waals surface area contributed by atoms with Crippen molar-refractivity contribution in [3.05, 3.63) is 53.5 Å². The number of benzene rings is 1. The van der Waals surface area contributed by atoms with Crippen LogP contribution >= 0.6 is 0 Å². The molecule has 1 unspecified atom stereocenters. The van der Waals surface area contributed by atoms with E-state index in [1.54, 1.807) is 0 Å². The first-order valence-corrected chi connectivity index (χ1v) is 7.57. The fourth-order valence-electron chi connectivity index (χ4n) is 3.45. The molecule has 4 heteroatoms. The minimum atomic E-state index is 0.204. The van der Waals surface area contributed by atoms with Crippen molar-refractivity contribution in [2.24, 2.45) is 12.8 Å². The Labute approximate surface area is 124 Å². The molecule has 0 spiro atoms. The van der Waals surface area contributed by atoms with Crippen molar-refractivity contribution >= 4 is 10.9 Å². The molecule has 4 nitrogen and oxygen atoms in total. The first-order chi connectivity index (χ1) is 10.2. The van der Waals surface area contributed by atoms with Gasteiger partial charge in [-0.3, -0.25) is 4.68 Å². The highest BCUT2D eigenvalue weighted by molar-refractivity contribution is 5.81. The topological polar surface area (TPSA) is 48.8 Å². The molecule has 0 fully saturated rings. The van der Waals surface area contributed by atoms with E-state index in [0.29, 0.717) is 0 Å². The summed E-state index contributed by atoms with van der Waals surface area (Å²) in [5.74, 6) is 0. The van der Waals surface area contributed by atoms with Gasteiger partial charge in [0, 0.05) is 30.9 Å². The average molecular weight is 280 g/mol. The van der Waals surface area contributed by atoms with E-state index in [4.69, 9.17) is 5.73 Å². The molecular formula is C17H20N4. The monoisotopic (exact) mass is 280 g/mol. The normalized spacial score (nSPS) is 18.1. The van der Waals surface area contributed by atoms with E-state index in [-0.39, 0.29) is 6.04 Å². The van der Waals surface area contributed by atoms with Gasteiger partial charge in [-0.15, -0.1) is 0 Å². The van der Waals surface area contributed by atoms with Gasteiger partial charge >= 0.3 is 0 Å². The molecule has 0 saturated heterocycles. The summed E-state index contributed by atoms with van der Waals surface area (Å²) in [4.78, 5) is 0. The maximum atomic E-state index is 6.21. The van der Waals surface area contributed by atoms with Gasteiger partial charge in [0.05, 0.1) is 17.8 Å². The van der Waals surface area contributed by atoms with Gasteiger partial charge in [-0.1, -0.05) is 18.2 Å². The van der Waals surface area contributed by atoms with Gasteiger partial charge in [0.1, 0.15) is 0 Å². The van der Waals surface area contributed by atoms with Crippen molar-refractivity contribution < 1.29 is 0 Å². The lowest BCUT2D eigenvalue weighted by Crippen LogP contribution is -2.15. The van der Waals surface area contributed by atoms with Crippen LogP contribution in [0.1, 0.15) is 35.7 Å². The van der Waals surface area contributed by atoms with E-state index in [0.717, 1.165) is 25.1 Å². The molecule has 0 amide bonds. The fourth-order valence-corrected chi connectivity index (χ4v) is 3.45. The third-order valence-corrected chi connectivity index (χ3v) is 4.52. The number of aryl methyl sites for hydroxylation is 2. The number of aromatic nitrogens is 3. The summed E-state index contributed by atoms with van der Waals surface area (Å²) in [5, 5.41) is 5.91. The molecule has 2 heterocycles. The summed E-state index contributed by atoms with van der Waals surface area (Å²) in [5.41, 5.74) is 11.2. The highest BCUT2D eigenvalue weighted by Gasteiger charge is 2.19. The maximum Gasteiger partial charge on any atom is 0.0900 e. The molecule has 1 aromatic carbocycles. The van der Waals surface area contributed by atoms with Crippen LogP contribution in [-0.2, 0) is 20.0 Å². The van der Waals surface area contributed by atoms with E-state index < -0.39 is 0 Å². The minimum absolute atomic E-state index is 0.204. The van der Waals surface area contributed by atoms with E-state index in [2.05, 4.69) is 46.3 Å². The zero-order valence-electron chi connectivity index (χ0n) is 12.3. The second-order valence-electron chi connectivity index (χ2n) is 6.00. The van der Waals surface area contributed by atoms with Crippen molar-refractivity contribution in [3.8, 4) is 0 Å². The molecule has 108 valence electrons. The largest absolute Gasteiger partial charge is 0.348 e. The maximum absolute atomic E-state index is 6.21. The van der Waals surface area contributed by atoms with Gasteiger partial charge in [0.2, 0.25) is 0 Å². The fraction of sp³-hybridized carbons (Fsp3) is 0.353. The lowest BCUT2D eigenvalue weighted by Gasteiger charge is -2.17. The third-order valence-electron chi connectivity index (χ3n) is 4.52. The Bertz CT molecular complexity index is 796. The number of nitrogens with zero attached hydrogens (tertiary/aromatic N) is 3. The van der Waals surface area contributed by atoms with Gasteiger partial charge in [-0.25, -0.2) is 0 Å². The molecule has 2 aromatic heterocycles. The van der Waals surface area contributed by atoms with Crippen LogP contribution in [0.15, 0.2) is 36.7 Å². The second kappa shape index (κ2) is 4.74. The number of hydrogen-bond acceptors (Lipinski definition) is 2. The van der Waals surface area contributed by atoms with Crippen LogP contribution in [0.2, 0.25) is 0 Å². The molecule has 0 aliphatic heterocycles. The van der Waals surface area contributed by atoms with Crippen molar-refractivity contribution in [1.82, 2.24) is 14.3 Å². The Balaban J connectivity index is 1.72. The van der Waals surface area contributed by atoms with Crippen molar-refractivity contribution in [2.45, 2.75) is 31.8 Å². The molecule has 0 bridgehead atoms. The third kappa shape index (κ3) is 2.07. The quantitative estimate of drug-likeness (QED) is 0.784. The Morgan fingerprint density at radius 1 is 1.29 bits per heavy atom. The SMILES string of the molecule is Cn1nc(Cn2cc3c(c2)C(N)CCC3)c2ccccc21. The molecule has 2 N–H and O–H groups in total. The van der Waals surface area contributed by atoms with Crippen LogP contribution in [0.25, 0.3) is 10.9 Å². The van der Waals surface area contributed by atoms with E-state index in [1.807, 2.05) is 11.7 Å².